The van der Waals surface area contributed by atoms with Gasteiger partial charge in [0.25, 0.3) is 0 Å². The van der Waals surface area contributed by atoms with Crippen molar-refractivity contribution in [1.82, 2.24) is 25.9 Å². The molecule has 0 saturated carbocycles. The quantitative estimate of drug-likeness (QED) is 0.257. The maximum Gasteiger partial charge on any atom is 0.326 e. The van der Waals surface area contributed by atoms with Crippen LogP contribution in [0.15, 0.2) is 42.9 Å². The Morgan fingerprint density at radius 3 is 2.29 bits per heavy atom. The van der Waals surface area contributed by atoms with Crippen LogP contribution in [0.5, 0.6) is 0 Å². The van der Waals surface area contributed by atoms with E-state index in [2.05, 4.69) is 25.9 Å². The van der Waals surface area contributed by atoms with Gasteiger partial charge >= 0.3 is 5.97 Å². The largest absolute Gasteiger partial charge is 0.480 e. The number of amides is 3. The van der Waals surface area contributed by atoms with Crippen molar-refractivity contribution in [3.8, 4) is 0 Å². The van der Waals surface area contributed by atoms with E-state index >= 15 is 0 Å². The molecule has 7 N–H and O–H groups in total. The Morgan fingerprint density at radius 1 is 1.03 bits per heavy atom. The van der Waals surface area contributed by atoms with Crippen LogP contribution in [0.1, 0.15) is 18.2 Å². The summed E-state index contributed by atoms with van der Waals surface area (Å²) in [7, 11) is 0. The third-order valence-corrected chi connectivity index (χ3v) is 4.47. The van der Waals surface area contributed by atoms with Gasteiger partial charge in [-0.3, -0.25) is 14.4 Å². The molecule has 0 aliphatic heterocycles. The van der Waals surface area contributed by atoms with E-state index in [1.807, 2.05) is 0 Å². The average Bonchev–Trinajstić information content (AvgIpc) is 3.26. The van der Waals surface area contributed by atoms with E-state index in [4.69, 9.17) is 5.73 Å². The van der Waals surface area contributed by atoms with E-state index in [1.165, 1.54) is 19.4 Å². The van der Waals surface area contributed by atoms with E-state index in [0.717, 1.165) is 5.56 Å². The van der Waals surface area contributed by atoms with E-state index in [1.54, 1.807) is 30.3 Å². The molecule has 166 valence electrons. The molecule has 0 saturated heterocycles. The Morgan fingerprint density at radius 2 is 1.71 bits per heavy atom. The van der Waals surface area contributed by atoms with Gasteiger partial charge in [-0.05, 0) is 12.5 Å². The van der Waals surface area contributed by atoms with Crippen LogP contribution in [-0.2, 0) is 32.0 Å². The number of nitrogens with zero attached hydrogens (tertiary/aromatic N) is 1. The molecule has 11 nitrogen and oxygen atoms in total. The first-order chi connectivity index (χ1) is 14.8. The van der Waals surface area contributed by atoms with Crippen molar-refractivity contribution in [3.05, 3.63) is 54.1 Å². The van der Waals surface area contributed by atoms with Crippen molar-refractivity contribution in [1.29, 1.82) is 0 Å². The van der Waals surface area contributed by atoms with Gasteiger partial charge in [-0.2, -0.15) is 0 Å². The van der Waals surface area contributed by atoms with Gasteiger partial charge in [0.05, 0.1) is 12.9 Å². The number of aromatic nitrogens is 2. The Labute approximate surface area is 178 Å². The van der Waals surface area contributed by atoms with Crippen LogP contribution in [-0.4, -0.2) is 63.4 Å². The molecule has 0 spiro atoms. The van der Waals surface area contributed by atoms with Crippen molar-refractivity contribution >= 4 is 23.7 Å². The average molecular weight is 430 g/mol. The number of carbonyl (C=O) groups is 4. The molecular formula is C20H26N6O5. The normalized spacial score (nSPS) is 13.5. The second-order valence-electron chi connectivity index (χ2n) is 6.92. The lowest BCUT2D eigenvalue weighted by atomic mass is 10.0. The van der Waals surface area contributed by atoms with Crippen molar-refractivity contribution in [2.24, 2.45) is 5.73 Å². The number of imidazole rings is 1. The number of nitrogens with two attached hydrogens (primary N) is 1. The topological polar surface area (TPSA) is 179 Å². The third-order valence-electron chi connectivity index (χ3n) is 4.47. The molecule has 2 aromatic rings. The Balaban J connectivity index is 2.11. The number of carboxylic acid groups (broad SMARTS) is 1. The van der Waals surface area contributed by atoms with Gasteiger partial charge < -0.3 is 31.8 Å². The first-order valence-electron chi connectivity index (χ1n) is 9.64. The van der Waals surface area contributed by atoms with E-state index in [0.29, 0.717) is 5.69 Å². The van der Waals surface area contributed by atoms with Crippen molar-refractivity contribution < 1.29 is 24.3 Å². The zero-order valence-electron chi connectivity index (χ0n) is 17.0. The minimum Gasteiger partial charge on any atom is -0.480 e. The number of aromatic amines is 1. The predicted molar refractivity (Wildman–Crippen MR) is 111 cm³/mol. The molecule has 2 rings (SSSR count). The zero-order chi connectivity index (χ0) is 22.8. The Kier molecular flexibility index (Phi) is 8.70. The lowest BCUT2D eigenvalue weighted by molar-refractivity contribution is -0.142. The van der Waals surface area contributed by atoms with E-state index in [-0.39, 0.29) is 19.4 Å². The first kappa shape index (κ1) is 23.5. The lowest BCUT2D eigenvalue weighted by Gasteiger charge is -2.23. The summed E-state index contributed by atoms with van der Waals surface area (Å²) < 4.78 is 0. The second kappa shape index (κ2) is 11.5. The number of carboxylic acids is 1. The first-order valence-corrected chi connectivity index (χ1v) is 9.64. The summed E-state index contributed by atoms with van der Waals surface area (Å²) in [5.74, 6) is -3.02. The highest BCUT2D eigenvalue weighted by atomic mass is 16.4. The zero-order valence-corrected chi connectivity index (χ0v) is 17.0. The monoisotopic (exact) mass is 430 g/mol. The molecule has 3 atom stereocenters. The van der Waals surface area contributed by atoms with Gasteiger partial charge in [0.15, 0.2) is 0 Å². The molecule has 11 heteroatoms. The number of aliphatic carboxylic acids is 1. The number of hydrogen-bond acceptors (Lipinski definition) is 6. The van der Waals surface area contributed by atoms with Crippen molar-refractivity contribution in [2.75, 3.05) is 6.54 Å². The van der Waals surface area contributed by atoms with Crippen LogP contribution in [0.4, 0.5) is 0 Å². The summed E-state index contributed by atoms with van der Waals surface area (Å²) >= 11 is 0. The van der Waals surface area contributed by atoms with Gasteiger partial charge in [-0.25, -0.2) is 9.78 Å². The Hall–Kier alpha value is -3.73. The molecular weight excluding hydrogens is 404 g/mol. The van der Waals surface area contributed by atoms with Crippen LogP contribution < -0.4 is 21.7 Å². The summed E-state index contributed by atoms with van der Waals surface area (Å²) in [6.45, 7) is 1.17. The third kappa shape index (κ3) is 7.55. The van der Waals surface area contributed by atoms with E-state index in [9.17, 15) is 24.3 Å². The molecule has 0 aliphatic rings. The van der Waals surface area contributed by atoms with Crippen LogP contribution >= 0.6 is 0 Å². The molecule has 0 bridgehead atoms. The molecule has 0 radical (unpaired) electrons. The number of nitrogens with one attached hydrogen (secondary N) is 4. The van der Waals surface area contributed by atoms with Crippen LogP contribution in [0, 0.1) is 0 Å². The Bertz CT molecular complexity index is 887. The number of H-pyrrole nitrogens is 1. The SMILES string of the molecule is CC(NC(=O)CN)C(=O)NC(Cc1cnc[nH]1)C(=O)NC(Cc1ccccc1)C(=O)O. The summed E-state index contributed by atoms with van der Waals surface area (Å²) in [4.78, 5) is 55.2. The maximum atomic E-state index is 12.9. The number of hydrogen-bond donors (Lipinski definition) is 6. The maximum absolute atomic E-state index is 12.9. The molecule has 3 unspecified atom stereocenters. The highest BCUT2D eigenvalue weighted by molar-refractivity contribution is 5.93. The summed E-state index contributed by atoms with van der Waals surface area (Å²) in [5.41, 5.74) is 6.53. The summed E-state index contributed by atoms with van der Waals surface area (Å²) in [5, 5.41) is 17.0. The predicted octanol–water partition coefficient (Wildman–Crippen LogP) is -1.29. The molecule has 31 heavy (non-hydrogen) atoms. The van der Waals surface area contributed by atoms with Gasteiger partial charge in [0, 0.05) is 24.7 Å². The molecule has 1 aromatic carbocycles. The van der Waals surface area contributed by atoms with Gasteiger partial charge in [-0.1, -0.05) is 30.3 Å². The van der Waals surface area contributed by atoms with Gasteiger partial charge in [-0.15, -0.1) is 0 Å². The fourth-order valence-corrected chi connectivity index (χ4v) is 2.81. The number of rotatable bonds is 11. The smallest absolute Gasteiger partial charge is 0.326 e. The highest BCUT2D eigenvalue weighted by Gasteiger charge is 2.28. The molecule has 3 amide bonds. The van der Waals surface area contributed by atoms with Crippen molar-refractivity contribution in [3.63, 3.8) is 0 Å². The van der Waals surface area contributed by atoms with E-state index < -0.39 is 41.8 Å². The van der Waals surface area contributed by atoms with Gasteiger partial charge in [0.1, 0.15) is 18.1 Å². The molecule has 1 heterocycles. The molecule has 0 aliphatic carbocycles. The van der Waals surface area contributed by atoms with Crippen LogP contribution in [0.3, 0.4) is 0 Å². The fraction of sp³-hybridized carbons (Fsp3) is 0.350. The summed E-state index contributed by atoms with van der Waals surface area (Å²) in [6.07, 6.45) is 3.04. The van der Waals surface area contributed by atoms with Crippen LogP contribution in [0.25, 0.3) is 0 Å². The molecule has 0 fully saturated rings. The van der Waals surface area contributed by atoms with Crippen molar-refractivity contribution in [2.45, 2.75) is 37.9 Å². The number of carbonyl (C=O) groups excluding carboxylic acids is 3. The fourth-order valence-electron chi connectivity index (χ4n) is 2.81. The minimum absolute atomic E-state index is 0.0484. The molecule has 1 aromatic heterocycles. The summed E-state index contributed by atoms with van der Waals surface area (Å²) in [6, 6.07) is 5.64. The highest BCUT2D eigenvalue weighted by Crippen LogP contribution is 2.06. The van der Waals surface area contributed by atoms with Crippen LogP contribution in [0.2, 0.25) is 0 Å². The standard InChI is InChI=1S/C20H26N6O5/c1-12(24-17(27)9-21)18(28)25-15(8-14-10-22-11-23-14)19(29)26-16(20(30)31)7-13-5-3-2-4-6-13/h2-6,10-12,15-16H,7-9,21H2,1H3,(H,22,23)(H,24,27)(H,25,28)(H,26,29)(H,30,31). The lowest BCUT2D eigenvalue weighted by Crippen LogP contribution is -2.56. The minimum atomic E-state index is -1.20. The van der Waals surface area contributed by atoms with Gasteiger partial charge in [0.2, 0.25) is 17.7 Å². The second-order valence-corrected chi connectivity index (χ2v) is 6.92. The number of benzene rings is 1.